The van der Waals surface area contributed by atoms with Crippen LogP contribution in [0, 0.1) is 12.8 Å². The second-order valence-corrected chi connectivity index (χ2v) is 11.2. The quantitative estimate of drug-likeness (QED) is 0.498. The van der Waals surface area contributed by atoms with Crippen molar-refractivity contribution in [3.05, 3.63) is 77.9 Å². The van der Waals surface area contributed by atoms with Crippen molar-refractivity contribution in [2.75, 3.05) is 23.8 Å². The van der Waals surface area contributed by atoms with Gasteiger partial charge in [-0.2, -0.15) is 4.31 Å². The topological polar surface area (TPSA) is 98.7 Å². The number of carbonyl (C=O) groups is 1. The van der Waals surface area contributed by atoms with Crippen molar-refractivity contribution in [1.29, 1.82) is 0 Å². The summed E-state index contributed by atoms with van der Waals surface area (Å²) < 4.78 is 29.0. The lowest BCUT2D eigenvalue weighted by atomic mass is 9.82. The van der Waals surface area contributed by atoms with Crippen LogP contribution in [0.3, 0.4) is 0 Å². The van der Waals surface area contributed by atoms with Crippen molar-refractivity contribution in [2.45, 2.75) is 37.2 Å². The van der Waals surface area contributed by atoms with Crippen molar-refractivity contribution in [3.8, 4) is 11.1 Å². The van der Waals surface area contributed by atoms with Gasteiger partial charge in [0.1, 0.15) is 0 Å². The number of hydrogen-bond acceptors (Lipinski definition) is 5. The number of amides is 1. The van der Waals surface area contributed by atoms with Crippen LogP contribution in [0.4, 0.5) is 11.4 Å². The van der Waals surface area contributed by atoms with Gasteiger partial charge in [0.2, 0.25) is 15.9 Å². The molecule has 1 fully saturated rings. The maximum atomic E-state index is 13.7. The lowest BCUT2D eigenvalue weighted by Crippen LogP contribution is -2.42. The Morgan fingerprint density at radius 1 is 1.09 bits per heavy atom. The molecule has 2 heterocycles. The molecule has 0 aromatic heterocycles. The Kier molecular flexibility index (Phi) is 6.13. The lowest BCUT2D eigenvalue weighted by molar-refractivity contribution is -0.114. The monoisotopic (exact) mass is 491 g/mol. The van der Waals surface area contributed by atoms with E-state index in [0.717, 1.165) is 27.9 Å². The lowest BCUT2D eigenvalue weighted by Gasteiger charge is -2.39. The number of nitrogens with one attached hydrogen (secondary N) is 2. The number of anilines is 2. The maximum Gasteiger partial charge on any atom is 0.243 e. The Morgan fingerprint density at radius 2 is 1.83 bits per heavy atom. The molecule has 0 spiro atoms. The van der Waals surface area contributed by atoms with Crippen LogP contribution in [0.1, 0.15) is 30.5 Å². The van der Waals surface area contributed by atoms with Crippen molar-refractivity contribution >= 4 is 27.3 Å². The number of aryl methyl sites for hydroxylation is 1. The van der Waals surface area contributed by atoms with Crippen molar-refractivity contribution in [3.63, 3.8) is 0 Å². The van der Waals surface area contributed by atoms with Gasteiger partial charge in [-0.1, -0.05) is 35.9 Å². The van der Waals surface area contributed by atoms with E-state index in [9.17, 15) is 18.3 Å². The first-order chi connectivity index (χ1) is 16.8. The summed E-state index contributed by atoms with van der Waals surface area (Å²) in [7, 11) is -3.72. The molecule has 0 aliphatic carbocycles. The molecule has 2 aliphatic heterocycles. The van der Waals surface area contributed by atoms with Crippen molar-refractivity contribution in [2.24, 2.45) is 5.92 Å². The van der Waals surface area contributed by atoms with Crippen LogP contribution in [-0.4, -0.2) is 42.9 Å². The summed E-state index contributed by atoms with van der Waals surface area (Å²) in [5, 5.41) is 16.3. The van der Waals surface area contributed by atoms with Gasteiger partial charge in [-0.25, -0.2) is 8.42 Å². The molecule has 5 rings (SSSR count). The fraction of sp³-hybridized carbons (Fsp3) is 0.296. The molecule has 3 aromatic rings. The Morgan fingerprint density at radius 3 is 2.54 bits per heavy atom. The van der Waals surface area contributed by atoms with Gasteiger partial charge in [0.05, 0.1) is 23.6 Å². The Balaban J connectivity index is 1.58. The number of aliphatic hydroxyl groups is 1. The van der Waals surface area contributed by atoms with Gasteiger partial charge >= 0.3 is 0 Å². The predicted octanol–water partition coefficient (Wildman–Crippen LogP) is 4.16. The zero-order chi connectivity index (χ0) is 24.7. The minimum atomic E-state index is -3.72. The third-order valence-corrected chi connectivity index (χ3v) is 8.86. The van der Waals surface area contributed by atoms with Gasteiger partial charge in [-0.15, -0.1) is 0 Å². The standard InChI is InChI=1S/C27H29N3O4S/c1-17-6-9-22(10-7-17)35(33,34)30-13-12-23-26(16-31)29-25-11-8-20(15-24(25)27(23)30)19-4-3-5-21(14-19)28-18(2)32/h3-11,14-15,23,26-27,29,31H,12-13,16H2,1-2H3,(H,28,32)/t23-,26+,27-/m1/s1. The summed E-state index contributed by atoms with van der Waals surface area (Å²) in [6.45, 7) is 3.72. The molecule has 3 aromatic carbocycles. The van der Waals surface area contributed by atoms with Crippen LogP contribution in [-0.2, 0) is 14.8 Å². The highest BCUT2D eigenvalue weighted by Crippen LogP contribution is 2.49. The summed E-state index contributed by atoms with van der Waals surface area (Å²) in [4.78, 5) is 11.8. The summed E-state index contributed by atoms with van der Waals surface area (Å²) in [6.07, 6.45) is 0.662. The average Bonchev–Trinajstić information content (AvgIpc) is 3.30. The van der Waals surface area contributed by atoms with Gasteiger partial charge < -0.3 is 15.7 Å². The van der Waals surface area contributed by atoms with E-state index in [1.807, 2.05) is 61.5 Å². The highest BCUT2D eigenvalue weighted by atomic mass is 32.2. The predicted molar refractivity (Wildman–Crippen MR) is 137 cm³/mol. The number of sulfonamides is 1. The molecule has 8 heteroatoms. The van der Waals surface area contributed by atoms with Gasteiger partial charge in [0.25, 0.3) is 0 Å². The van der Waals surface area contributed by atoms with Crippen LogP contribution >= 0.6 is 0 Å². The molecule has 3 atom stereocenters. The van der Waals surface area contributed by atoms with Crippen LogP contribution in [0.2, 0.25) is 0 Å². The number of nitrogens with zero attached hydrogens (tertiary/aromatic N) is 1. The fourth-order valence-corrected chi connectivity index (χ4v) is 6.96. The van der Waals surface area contributed by atoms with E-state index in [2.05, 4.69) is 10.6 Å². The van der Waals surface area contributed by atoms with E-state index in [1.165, 1.54) is 6.92 Å². The van der Waals surface area contributed by atoms with Crippen LogP contribution < -0.4 is 10.6 Å². The molecule has 3 N–H and O–H groups in total. The van der Waals surface area contributed by atoms with Crippen LogP contribution in [0.15, 0.2) is 71.6 Å². The summed E-state index contributed by atoms with van der Waals surface area (Å²) in [5.41, 5.74) is 5.29. The van der Waals surface area contributed by atoms with Gasteiger partial charge in [-0.05, 0) is 66.4 Å². The summed E-state index contributed by atoms with van der Waals surface area (Å²) >= 11 is 0. The number of fused-ring (bicyclic) bond motifs is 3. The van der Waals surface area contributed by atoms with E-state index in [-0.39, 0.29) is 35.4 Å². The Hall–Kier alpha value is -3.20. The van der Waals surface area contributed by atoms with Crippen molar-refractivity contribution < 1.29 is 18.3 Å². The third kappa shape index (κ3) is 4.33. The van der Waals surface area contributed by atoms with Crippen LogP contribution in [0.5, 0.6) is 0 Å². The zero-order valence-electron chi connectivity index (χ0n) is 19.7. The molecule has 1 amide bonds. The maximum absolute atomic E-state index is 13.7. The number of benzene rings is 3. The minimum absolute atomic E-state index is 0.0475. The molecular weight excluding hydrogens is 462 g/mol. The van der Waals surface area contributed by atoms with Crippen molar-refractivity contribution in [1.82, 2.24) is 4.31 Å². The number of carbonyl (C=O) groups excluding carboxylic acids is 1. The molecule has 2 aliphatic rings. The normalized spacial score (nSPS) is 21.6. The molecule has 0 radical (unpaired) electrons. The van der Waals surface area contributed by atoms with E-state index in [0.29, 0.717) is 18.7 Å². The van der Waals surface area contributed by atoms with E-state index < -0.39 is 10.0 Å². The summed E-state index contributed by atoms with van der Waals surface area (Å²) in [5.74, 6) is -0.189. The largest absolute Gasteiger partial charge is 0.394 e. The number of hydrogen-bond donors (Lipinski definition) is 3. The number of rotatable bonds is 5. The Bertz CT molecular complexity index is 1370. The molecule has 182 valence electrons. The van der Waals surface area contributed by atoms with Gasteiger partial charge in [0.15, 0.2) is 0 Å². The molecule has 7 nitrogen and oxygen atoms in total. The smallest absolute Gasteiger partial charge is 0.243 e. The first kappa shape index (κ1) is 23.5. The number of aliphatic hydroxyl groups excluding tert-OH is 1. The third-order valence-electron chi connectivity index (χ3n) is 6.97. The zero-order valence-corrected chi connectivity index (χ0v) is 20.5. The highest BCUT2D eigenvalue weighted by molar-refractivity contribution is 7.89. The molecule has 0 unspecified atom stereocenters. The highest BCUT2D eigenvalue weighted by Gasteiger charge is 2.48. The first-order valence-electron chi connectivity index (χ1n) is 11.8. The second-order valence-electron chi connectivity index (χ2n) is 9.32. The van der Waals surface area contributed by atoms with Gasteiger partial charge in [0, 0.05) is 30.8 Å². The molecule has 1 saturated heterocycles. The Labute approximate surface area is 205 Å². The van der Waals surface area contributed by atoms with Crippen LogP contribution in [0.25, 0.3) is 11.1 Å². The average molecular weight is 492 g/mol. The van der Waals surface area contributed by atoms with E-state index in [1.54, 1.807) is 16.4 Å². The molecule has 0 saturated carbocycles. The minimum Gasteiger partial charge on any atom is -0.394 e. The summed E-state index contributed by atoms with van der Waals surface area (Å²) in [6, 6.07) is 19.9. The molecule has 0 bridgehead atoms. The first-order valence-corrected chi connectivity index (χ1v) is 13.2. The van der Waals surface area contributed by atoms with Gasteiger partial charge in [-0.3, -0.25) is 4.79 Å². The second kappa shape index (κ2) is 9.11. The molecular formula is C27H29N3O4S. The van der Waals surface area contributed by atoms with E-state index in [4.69, 9.17) is 0 Å². The molecule has 35 heavy (non-hydrogen) atoms. The van der Waals surface area contributed by atoms with E-state index >= 15 is 0 Å². The SMILES string of the molecule is CC(=O)Nc1cccc(-c2ccc3c(c2)[C@H]2[C@H](CCN2S(=O)(=O)c2ccc(C)cc2)[C@H](CO)N3)c1. The fourth-order valence-electron chi connectivity index (χ4n) is 5.30.